The Morgan fingerprint density at radius 2 is 1.73 bits per heavy atom. The molecule has 15 heavy (non-hydrogen) atoms. The van der Waals surface area contributed by atoms with Crippen LogP contribution in [0.5, 0.6) is 0 Å². The van der Waals surface area contributed by atoms with E-state index in [1.165, 1.54) is 0 Å². The minimum Gasteiger partial charge on any atom is -0.385 e. The first-order chi connectivity index (χ1) is 7.35. The van der Waals surface area contributed by atoms with Crippen LogP contribution in [0, 0.1) is 0 Å². The zero-order valence-corrected chi connectivity index (χ0v) is 10.3. The Morgan fingerprint density at radius 1 is 1.07 bits per heavy atom. The zero-order chi connectivity index (χ0) is 11.4. The van der Waals surface area contributed by atoms with E-state index in [9.17, 15) is 0 Å². The van der Waals surface area contributed by atoms with Crippen molar-refractivity contribution < 1.29 is 14.2 Å². The van der Waals surface area contributed by atoms with Gasteiger partial charge in [-0.15, -0.1) is 0 Å². The monoisotopic (exact) mass is 219 g/mol. The fraction of sp³-hybridized carbons (Fsp3) is 1.00. The zero-order valence-electron chi connectivity index (χ0n) is 10.3. The van der Waals surface area contributed by atoms with Crippen LogP contribution in [0.1, 0.15) is 26.7 Å². The molecule has 0 aromatic carbocycles. The molecule has 0 unspecified atom stereocenters. The number of methoxy groups -OCH3 is 1. The van der Waals surface area contributed by atoms with Crippen LogP contribution in [0.2, 0.25) is 0 Å². The van der Waals surface area contributed by atoms with Gasteiger partial charge in [0.2, 0.25) is 0 Å². The standard InChI is InChI=1S/C11H25NO3/c1-4-14-11(15-5-2)7-9-12-8-6-10-13-3/h11-12H,4-10H2,1-3H3. The summed E-state index contributed by atoms with van der Waals surface area (Å²) >= 11 is 0. The molecule has 0 bridgehead atoms. The molecule has 0 aliphatic carbocycles. The second-order valence-electron chi connectivity index (χ2n) is 3.23. The largest absolute Gasteiger partial charge is 0.385 e. The molecule has 0 fully saturated rings. The van der Waals surface area contributed by atoms with Crippen LogP contribution in [0.3, 0.4) is 0 Å². The van der Waals surface area contributed by atoms with E-state index in [4.69, 9.17) is 14.2 Å². The maximum atomic E-state index is 5.42. The molecule has 0 amide bonds. The van der Waals surface area contributed by atoms with Gasteiger partial charge in [0, 0.05) is 33.4 Å². The summed E-state index contributed by atoms with van der Waals surface area (Å²) in [5, 5.41) is 3.33. The van der Waals surface area contributed by atoms with Crippen LogP contribution in [-0.2, 0) is 14.2 Å². The Kier molecular flexibility index (Phi) is 11.8. The van der Waals surface area contributed by atoms with Crippen LogP contribution in [0.15, 0.2) is 0 Å². The van der Waals surface area contributed by atoms with E-state index in [1.54, 1.807) is 7.11 Å². The van der Waals surface area contributed by atoms with Gasteiger partial charge in [-0.2, -0.15) is 0 Å². The van der Waals surface area contributed by atoms with E-state index < -0.39 is 0 Å². The Balaban J connectivity index is 3.28. The smallest absolute Gasteiger partial charge is 0.158 e. The highest BCUT2D eigenvalue weighted by Crippen LogP contribution is 1.99. The first kappa shape index (κ1) is 14.8. The number of hydrogen-bond donors (Lipinski definition) is 1. The van der Waals surface area contributed by atoms with Crippen LogP contribution in [0.25, 0.3) is 0 Å². The average molecular weight is 219 g/mol. The third-order valence-corrected chi connectivity index (χ3v) is 1.96. The normalized spacial score (nSPS) is 11.2. The molecule has 4 nitrogen and oxygen atoms in total. The van der Waals surface area contributed by atoms with Gasteiger partial charge in [0.05, 0.1) is 0 Å². The van der Waals surface area contributed by atoms with Crippen LogP contribution in [0.4, 0.5) is 0 Å². The summed E-state index contributed by atoms with van der Waals surface area (Å²) in [6.45, 7) is 8.10. The van der Waals surface area contributed by atoms with Crippen LogP contribution < -0.4 is 5.32 Å². The minimum atomic E-state index is -0.0603. The Bertz CT molecular complexity index is 116. The van der Waals surface area contributed by atoms with Gasteiger partial charge >= 0.3 is 0 Å². The van der Waals surface area contributed by atoms with Crippen molar-refractivity contribution in [2.24, 2.45) is 0 Å². The van der Waals surface area contributed by atoms with Crippen molar-refractivity contribution in [3.05, 3.63) is 0 Å². The maximum absolute atomic E-state index is 5.42. The van der Waals surface area contributed by atoms with Crippen molar-refractivity contribution in [1.29, 1.82) is 0 Å². The van der Waals surface area contributed by atoms with E-state index >= 15 is 0 Å². The summed E-state index contributed by atoms with van der Waals surface area (Å²) in [4.78, 5) is 0. The van der Waals surface area contributed by atoms with Crippen LogP contribution in [-0.4, -0.2) is 46.3 Å². The van der Waals surface area contributed by atoms with E-state index in [2.05, 4.69) is 5.32 Å². The van der Waals surface area contributed by atoms with Gasteiger partial charge in [-0.1, -0.05) is 0 Å². The third-order valence-electron chi connectivity index (χ3n) is 1.96. The molecule has 0 atom stereocenters. The topological polar surface area (TPSA) is 39.7 Å². The van der Waals surface area contributed by atoms with E-state index in [-0.39, 0.29) is 6.29 Å². The molecule has 0 radical (unpaired) electrons. The number of ether oxygens (including phenoxy) is 3. The number of rotatable bonds is 11. The summed E-state index contributed by atoms with van der Waals surface area (Å²) in [5.74, 6) is 0. The fourth-order valence-electron chi connectivity index (χ4n) is 1.27. The second-order valence-corrected chi connectivity index (χ2v) is 3.23. The van der Waals surface area contributed by atoms with E-state index in [0.717, 1.165) is 32.5 Å². The average Bonchev–Trinajstić information content (AvgIpc) is 2.24. The molecule has 0 aromatic rings. The molecule has 92 valence electrons. The molecule has 0 spiro atoms. The first-order valence-corrected chi connectivity index (χ1v) is 5.78. The Morgan fingerprint density at radius 3 is 2.27 bits per heavy atom. The quantitative estimate of drug-likeness (QED) is 0.421. The lowest BCUT2D eigenvalue weighted by atomic mass is 10.4. The summed E-state index contributed by atoms with van der Waals surface area (Å²) in [7, 11) is 1.72. The molecule has 0 heterocycles. The van der Waals surface area contributed by atoms with Crippen molar-refractivity contribution >= 4 is 0 Å². The highest BCUT2D eigenvalue weighted by molar-refractivity contribution is 4.51. The SMILES string of the molecule is CCOC(CCNCCCOC)OCC. The third kappa shape index (κ3) is 10.1. The van der Waals surface area contributed by atoms with Gasteiger partial charge in [-0.3, -0.25) is 0 Å². The summed E-state index contributed by atoms with van der Waals surface area (Å²) in [5.41, 5.74) is 0. The Hall–Kier alpha value is -0.160. The highest BCUT2D eigenvalue weighted by atomic mass is 16.7. The van der Waals surface area contributed by atoms with Gasteiger partial charge in [-0.25, -0.2) is 0 Å². The van der Waals surface area contributed by atoms with Crippen LogP contribution >= 0.6 is 0 Å². The predicted octanol–water partition coefficient (Wildman–Crippen LogP) is 1.40. The molecule has 0 saturated heterocycles. The highest BCUT2D eigenvalue weighted by Gasteiger charge is 2.06. The molecular formula is C11H25NO3. The lowest BCUT2D eigenvalue weighted by Crippen LogP contribution is -2.25. The summed E-state index contributed by atoms with van der Waals surface area (Å²) in [6.07, 6.45) is 1.88. The minimum absolute atomic E-state index is 0.0603. The molecule has 0 aliphatic rings. The van der Waals surface area contributed by atoms with Gasteiger partial charge in [-0.05, 0) is 33.4 Å². The van der Waals surface area contributed by atoms with Crippen molar-refractivity contribution in [2.45, 2.75) is 33.0 Å². The van der Waals surface area contributed by atoms with E-state index in [1.807, 2.05) is 13.8 Å². The fourth-order valence-corrected chi connectivity index (χ4v) is 1.27. The molecule has 0 aromatic heterocycles. The van der Waals surface area contributed by atoms with Crippen molar-refractivity contribution in [3.8, 4) is 0 Å². The Labute approximate surface area is 93.3 Å². The van der Waals surface area contributed by atoms with Gasteiger partial charge in [0.1, 0.15) is 0 Å². The number of hydrogen-bond acceptors (Lipinski definition) is 4. The summed E-state index contributed by atoms with van der Waals surface area (Å²) in [6, 6.07) is 0. The molecule has 0 saturated carbocycles. The van der Waals surface area contributed by atoms with Crippen molar-refractivity contribution in [3.63, 3.8) is 0 Å². The molecular weight excluding hydrogens is 194 g/mol. The lowest BCUT2D eigenvalue weighted by Gasteiger charge is -2.16. The van der Waals surface area contributed by atoms with Gasteiger partial charge < -0.3 is 19.5 Å². The molecule has 0 aliphatic heterocycles. The first-order valence-electron chi connectivity index (χ1n) is 5.78. The maximum Gasteiger partial charge on any atom is 0.158 e. The van der Waals surface area contributed by atoms with Crippen molar-refractivity contribution in [2.75, 3.05) is 40.0 Å². The predicted molar refractivity (Wildman–Crippen MR) is 61.0 cm³/mol. The van der Waals surface area contributed by atoms with Gasteiger partial charge in [0.15, 0.2) is 6.29 Å². The lowest BCUT2D eigenvalue weighted by molar-refractivity contribution is -0.138. The van der Waals surface area contributed by atoms with Gasteiger partial charge in [0.25, 0.3) is 0 Å². The summed E-state index contributed by atoms with van der Waals surface area (Å²) < 4.78 is 15.8. The molecule has 4 heteroatoms. The molecule has 0 rings (SSSR count). The number of nitrogens with one attached hydrogen (secondary N) is 1. The van der Waals surface area contributed by atoms with Crippen molar-refractivity contribution in [1.82, 2.24) is 5.32 Å². The molecule has 1 N–H and O–H groups in total. The second kappa shape index (κ2) is 11.9. The van der Waals surface area contributed by atoms with E-state index in [0.29, 0.717) is 13.2 Å².